The average Bonchev–Trinajstić information content (AvgIpc) is 3.22. The fourth-order valence-electron chi connectivity index (χ4n) is 3.64. The van der Waals surface area contributed by atoms with E-state index in [-0.39, 0.29) is 18.0 Å². The lowest BCUT2D eigenvalue weighted by Gasteiger charge is -2.30. The zero-order valence-corrected chi connectivity index (χ0v) is 16.1. The van der Waals surface area contributed by atoms with Crippen molar-refractivity contribution in [2.45, 2.75) is 25.9 Å². The third-order valence-electron chi connectivity index (χ3n) is 4.91. The Kier molecular flexibility index (Phi) is 4.40. The number of carbonyl (C=O) groups excluding carboxylic acids is 1. The first-order valence-corrected chi connectivity index (χ1v) is 9.20. The van der Waals surface area contributed by atoms with Gasteiger partial charge in [-0.15, -0.1) is 0 Å². The van der Waals surface area contributed by atoms with Crippen LogP contribution in [-0.4, -0.2) is 34.2 Å². The van der Waals surface area contributed by atoms with E-state index in [1.54, 1.807) is 7.11 Å². The predicted octanol–water partition coefficient (Wildman–Crippen LogP) is 4.69. The van der Waals surface area contributed by atoms with Crippen molar-refractivity contribution < 1.29 is 9.53 Å². The molecule has 27 heavy (non-hydrogen) atoms. The van der Waals surface area contributed by atoms with Gasteiger partial charge in [0.05, 0.1) is 18.8 Å². The van der Waals surface area contributed by atoms with Crippen LogP contribution >= 0.6 is 11.6 Å². The quantitative estimate of drug-likeness (QED) is 0.713. The molecule has 0 bridgehead atoms. The molecule has 5 nitrogen and oxygen atoms in total. The number of methoxy groups -OCH3 is 1. The highest BCUT2D eigenvalue weighted by atomic mass is 35.5. The topological polar surface area (TPSA) is 58.2 Å². The number of aromatic amines is 1. The number of aromatic nitrogens is 2. The van der Waals surface area contributed by atoms with E-state index in [9.17, 15) is 4.79 Å². The molecule has 6 heteroatoms. The van der Waals surface area contributed by atoms with Crippen LogP contribution in [0, 0.1) is 0 Å². The second-order valence-corrected chi connectivity index (χ2v) is 7.29. The summed E-state index contributed by atoms with van der Waals surface area (Å²) in [6.45, 7) is 4.04. The van der Waals surface area contributed by atoms with E-state index in [0.29, 0.717) is 10.7 Å². The summed E-state index contributed by atoms with van der Waals surface area (Å²) >= 11 is 6.07. The van der Waals surface area contributed by atoms with Crippen LogP contribution in [0.4, 0.5) is 0 Å². The van der Waals surface area contributed by atoms with Crippen LogP contribution in [0.15, 0.2) is 48.5 Å². The average molecular weight is 382 g/mol. The highest BCUT2D eigenvalue weighted by Crippen LogP contribution is 2.44. The van der Waals surface area contributed by atoms with Crippen molar-refractivity contribution in [2.75, 3.05) is 7.11 Å². The Morgan fingerprint density at radius 1 is 1.11 bits per heavy atom. The Morgan fingerprint density at radius 2 is 1.78 bits per heavy atom. The first-order valence-electron chi connectivity index (χ1n) is 8.82. The summed E-state index contributed by atoms with van der Waals surface area (Å²) in [7, 11) is 1.64. The number of halogens is 1. The summed E-state index contributed by atoms with van der Waals surface area (Å²) in [6.07, 6.45) is 0. The fraction of sp³-hybridized carbons (Fsp3) is 0.238. The number of amides is 1. The van der Waals surface area contributed by atoms with Crippen molar-refractivity contribution in [3.63, 3.8) is 0 Å². The smallest absolute Gasteiger partial charge is 0.273 e. The zero-order chi connectivity index (χ0) is 19.1. The van der Waals surface area contributed by atoms with Gasteiger partial charge in [0, 0.05) is 22.2 Å². The number of carbonyl (C=O) groups is 1. The maximum Gasteiger partial charge on any atom is 0.273 e. The van der Waals surface area contributed by atoms with E-state index in [1.807, 2.05) is 67.3 Å². The molecule has 1 N–H and O–H groups in total. The van der Waals surface area contributed by atoms with Crippen molar-refractivity contribution >= 4 is 17.5 Å². The number of nitrogens with one attached hydrogen (secondary N) is 1. The van der Waals surface area contributed by atoms with E-state index in [4.69, 9.17) is 16.3 Å². The monoisotopic (exact) mass is 381 g/mol. The lowest BCUT2D eigenvalue weighted by atomic mass is 9.95. The fourth-order valence-corrected chi connectivity index (χ4v) is 3.77. The summed E-state index contributed by atoms with van der Waals surface area (Å²) < 4.78 is 5.24. The molecule has 3 aromatic rings. The number of rotatable bonds is 4. The van der Waals surface area contributed by atoms with Crippen molar-refractivity contribution in [3.05, 3.63) is 70.4 Å². The van der Waals surface area contributed by atoms with Crippen LogP contribution in [0.1, 0.15) is 41.5 Å². The van der Waals surface area contributed by atoms with E-state index in [0.717, 1.165) is 28.1 Å². The minimum Gasteiger partial charge on any atom is -0.497 e. The maximum atomic E-state index is 13.0. The van der Waals surface area contributed by atoms with Gasteiger partial charge in [0.15, 0.2) is 0 Å². The molecular formula is C21H20ClN3O2. The molecule has 138 valence electrons. The summed E-state index contributed by atoms with van der Waals surface area (Å²) in [5.41, 5.74) is 4.18. The minimum absolute atomic E-state index is 0.0350. The van der Waals surface area contributed by atoms with Crippen LogP contribution < -0.4 is 4.74 Å². The second-order valence-electron chi connectivity index (χ2n) is 6.85. The predicted molar refractivity (Wildman–Crippen MR) is 105 cm³/mol. The Morgan fingerprint density at radius 3 is 2.37 bits per heavy atom. The lowest BCUT2D eigenvalue weighted by Crippen LogP contribution is -2.35. The van der Waals surface area contributed by atoms with Gasteiger partial charge in [-0.2, -0.15) is 5.10 Å². The molecule has 2 aromatic carbocycles. The molecule has 1 aliphatic rings. The Bertz CT molecular complexity index is 978. The molecule has 0 spiro atoms. The number of H-pyrrole nitrogens is 1. The standard InChI is InChI=1S/C21H20ClN3O2/c1-12(2)25-20(14-4-8-15(22)9-5-14)17-18(23-24-19(17)21(25)26)13-6-10-16(27-3)11-7-13/h4-12,20H,1-3H3,(H,23,24). The molecule has 1 atom stereocenters. The molecule has 1 amide bonds. The number of benzene rings is 2. The van der Waals surface area contributed by atoms with Crippen molar-refractivity contribution in [3.8, 4) is 17.0 Å². The molecule has 0 saturated heterocycles. The van der Waals surface area contributed by atoms with Crippen LogP contribution in [0.2, 0.25) is 5.02 Å². The number of hydrogen-bond acceptors (Lipinski definition) is 3. The Labute approximate surface area is 162 Å². The number of hydrogen-bond donors (Lipinski definition) is 1. The van der Waals surface area contributed by atoms with Gasteiger partial charge >= 0.3 is 0 Å². The van der Waals surface area contributed by atoms with Crippen LogP contribution in [-0.2, 0) is 0 Å². The molecule has 1 aromatic heterocycles. The minimum atomic E-state index is -0.208. The van der Waals surface area contributed by atoms with Crippen molar-refractivity contribution in [1.82, 2.24) is 15.1 Å². The van der Waals surface area contributed by atoms with Crippen LogP contribution in [0.25, 0.3) is 11.3 Å². The Hall–Kier alpha value is -2.79. The van der Waals surface area contributed by atoms with Crippen molar-refractivity contribution in [1.29, 1.82) is 0 Å². The third-order valence-corrected chi connectivity index (χ3v) is 5.16. The first kappa shape index (κ1) is 17.6. The van der Waals surface area contributed by atoms with Gasteiger partial charge < -0.3 is 9.64 Å². The molecule has 2 heterocycles. The molecule has 0 aliphatic carbocycles. The summed E-state index contributed by atoms with van der Waals surface area (Å²) in [5.74, 6) is 0.743. The van der Waals surface area contributed by atoms with Gasteiger partial charge in [-0.1, -0.05) is 23.7 Å². The highest BCUT2D eigenvalue weighted by molar-refractivity contribution is 6.30. The van der Waals surface area contributed by atoms with Crippen molar-refractivity contribution in [2.24, 2.45) is 0 Å². The molecular weight excluding hydrogens is 362 g/mol. The number of fused-ring (bicyclic) bond motifs is 1. The SMILES string of the molecule is COc1ccc(-c2n[nH]c3c2C(c2ccc(Cl)cc2)N(C(C)C)C3=O)cc1. The first-order chi connectivity index (χ1) is 13.0. The summed E-state index contributed by atoms with van der Waals surface area (Å²) in [5, 5.41) is 8.09. The molecule has 0 fully saturated rings. The van der Waals surface area contributed by atoms with E-state index < -0.39 is 0 Å². The highest BCUT2D eigenvalue weighted by Gasteiger charge is 2.43. The molecule has 0 saturated carbocycles. The van der Waals surface area contributed by atoms with Gasteiger partial charge in [0.2, 0.25) is 0 Å². The lowest BCUT2D eigenvalue weighted by molar-refractivity contribution is 0.0688. The molecule has 4 rings (SSSR count). The van der Waals surface area contributed by atoms with Gasteiger partial charge in [-0.3, -0.25) is 9.89 Å². The van der Waals surface area contributed by atoms with Gasteiger partial charge in [0.1, 0.15) is 11.4 Å². The zero-order valence-electron chi connectivity index (χ0n) is 15.4. The van der Waals surface area contributed by atoms with Gasteiger partial charge in [-0.25, -0.2) is 0 Å². The Balaban J connectivity index is 1.87. The van der Waals surface area contributed by atoms with Crippen LogP contribution in [0.3, 0.4) is 0 Å². The third kappa shape index (κ3) is 2.88. The molecule has 0 radical (unpaired) electrons. The number of ether oxygens (including phenoxy) is 1. The number of nitrogens with zero attached hydrogens (tertiary/aromatic N) is 2. The van der Waals surface area contributed by atoms with Crippen LogP contribution in [0.5, 0.6) is 5.75 Å². The van der Waals surface area contributed by atoms with E-state index >= 15 is 0 Å². The van der Waals surface area contributed by atoms with Gasteiger partial charge in [-0.05, 0) is 55.8 Å². The maximum absolute atomic E-state index is 13.0. The second kappa shape index (κ2) is 6.74. The summed E-state index contributed by atoms with van der Waals surface area (Å²) in [6, 6.07) is 15.2. The normalized spacial score (nSPS) is 16.1. The molecule has 1 aliphatic heterocycles. The summed E-state index contributed by atoms with van der Waals surface area (Å²) in [4.78, 5) is 14.9. The van der Waals surface area contributed by atoms with Gasteiger partial charge in [0.25, 0.3) is 5.91 Å². The van der Waals surface area contributed by atoms with E-state index in [2.05, 4.69) is 10.2 Å². The largest absolute Gasteiger partial charge is 0.497 e. The molecule has 1 unspecified atom stereocenters. The van der Waals surface area contributed by atoms with E-state index in [1.165, 1.54) is 0 Å².